The maximum atomic E-state index is 11.9. The first-order valence-electron chi connectivity index (χ1n) is 3.94. The van der Waals surface area contributed by atoms with Crippen LogP contribution in [0.2, 0.25) is 0 Å². The number of aryl methyl sites for hydroxylation is 2. The molecule has 1 aromatic rings. The maximum absolute atomic E-state index is 11.9. The standard InChI is InChI=1S/C8H13FN2/c1-2-3-8-10-5-7-11(8)6-4-9/h5,7H,2-4,6H2,1H3. The average molecular weight is 156 g/mol. The predicted molar refractivity (Wildman–Crippen MR) is 42.2 cm³/mol. The molecule has 1 aromatic heterocycles. The van der Waals surface area contributed by atoms with Crippen molar-refractivity contribution in [1.29, 1.82) is 0 Å². The Morgan fingerprint density at radius 2 is 2.45 bits per heavy atom. The van der Waals surface area contributed by atoms with E-state index in [9.17, 15) is 4.39 Å². The lowest BCUT2D eigenvalue weighted by Gasteiger charge is -2.02. The minimum Gasteiger partial charge on any atom is -0.332 e. The fourth-order valence-electron chi connectivity index (χ4n) is 1.09. The molecular formula is C8H13FN2. The molecule has 0 amide bonds. The van der Waals surface area contributed by atoms with E-state index in [0.717, 1.165) is 18.7 Å². The molecule has 62 valence electrons. The summed E-state index contributed by atoms with van der Waals surface area (Å²) in [6.45, 7) is 2.22. The molecule has 0 aromatic carbocycles. The molecule has 2 nitrogen and oxygen atoms in total. The van der Waals surface area contributed by atoms with E-state index < -0.39 is 0 Å². The summed E-state index contributed by atoms with van der Waals surface area (Å²) in [5.41, 5.74) is 0. The lowest BCUT2D eigenvalue weighted by Crippen LogP contribution is -2.03. The Kier molecular flexibility index (Phi) is 3.08. The van der Waals surface area contributed by atoms with Gasteiger partial charge in [-0.3, -0.25) is 0 Å². The summed E-state index contributed by atoms with van der Waals surface area (Å²) in [4.78, 5) is 4.12. The average Bonchev–Trinajstić information content (AvgIpc) is 2.39. The SMILES string of the molecule is CCCc1nccn1CCF. The topological polar surface area (TPSA) is 17.8 Å². The number of halogens is 1. The van der Waals surface area contributed by atoms with E-state index in [1.807, 2.05) is 10.8 Å². The highest BCUT2D eigenvalue weighted by atomic mass is 19.1. The van der Waals surface area contributed by atoms with Crippen LogP contribution in [0.3, 0.4) is 0 Å². The van der Waals surface area contributed by atoms with E-state index >= 15 is 0 Å². The molecule has 1 rings (SSSR count). The smallest absolute Gasteiger partial charge is 0.108 e. The van der Waals surface area contributed by atoms with Crippen molar-refractivity contribution in [3.05, 3.63) is 18.2 Å². The number of rotatable bonds is 4. The second-order valence-electron chi connectivity index (χ2n) is 2.48. The molecule has 0 bridgehead atoms. The zero-order valence-corrected chi connectivity index (χ0v) is 6.76. The predicted octanol–water partition coefficient (Wildman–Crippen LogP) is 1.81. The van der Waals surface area contributed by atoms with E-state index in [-0.39, 0.29) is 6.67 Å². The van der Waals surface area contributed by atoms with E-state index in [0.29, 0.717) is 6.54 Å². The molecule has 0 unspecified atom stereocenters. The van der Waals surface area contributed by atoms with Crippen molar-refractivity contribution in [2.45, 2.75) is 26.3 Å². The number of alkyl halides is 1. The van der Waals surface area contributed by atoms with E-state index in [1.165, 1.54) is 0 Å². The van der Waals surface area contributed by atoms with Crippen molar-refractivity contribution in [3.63, 3.8) is 0 Å². The molecular weight excluding hydrogens is 143 g/mol. The van der Waals surface area contributed by atoms with Crippen molar-refractivity contribution in [3.8, 4) is 0 Å². The molecule has 0 saturated carbocycles. The van der Waals surface area contributed by atoms with Crippen molar-refractivity contribution < 1.29 is 4.39 Å². The number of aromatic nitrogens is 2. The van der Waals surface area contributed by atoms with Crippen LogP contribution < -0.4 is 0 Å². The summed E-state index contributed by atoms with van der Waals surface area (Å²) in [7, 11) is 0. The van der Waals surface area contributed by atoms with Gasteiger partial charge in [0.1, 0.15) is 12.5 Å². The third-order valence-corrected chi connectivity index (χ3v) is 1.60. The summed E-state index contributed by atoms with van der Waals surface area (Å²) in [6.07, 6.45) is 5.54. The van der Waals surface area contributed by atoms with E-state index in [4.69, 9.17) is 0 Å². The second kappa shape index (κ2) is 4.11. The van der Waals surface area contributed by atoms with Gasteiger partial charge in [0.25, 0.3) is 0 Å². The summed E-state index contributed by atoms with van der Waals surface area (Å²) >= 11 is 0. The third kappa shape index (κ3) is 2.03. The van der Waals surface area contributed by atoms with Crippen LogP contribution in [0.1, 0.15) is 19.2 Å². The summed E-state index contributed by atoms with van der Waals surface area (Å²) in [5, 5.41) is 0. The molecule has 0 fully saturated rings. The van der Waals surface area contributed by atoms with Gasteiger partial charge in [-0.05, 0) is 6.42 Å². The Hall–Kier alpha value is -0.860. The first kappa shape index (κ1) is 8.24. The highest BCUT2D eigenvalue weighted by Gasteiger charge is 1.99. The third-order valence-electron chi connectivity index (χ3n) is 1.60. The van der Waals surface area contributed by atoms with Crippen LogP contribution >= 0.6 is 0 Å². The minimum absolute atomic E-state index is 0.312. The molecule has 0 aliphatic carbocycles. The fraction of sp³-hybridized carbons (Fsp3) is 0.625. The van der Waals surface area contributed by atoms with Gasteiger partial charge in [0.2, 0.25) is 0 Å². The monoisotopic (exact) mass is 156 g/mol. The molecule has 0 N–H and O–H groups in total. The van der Waals surface area contributed by atoms with E-state index in [2.05, 4.69) is 11.9 Å². The molecule has 0 saturated heterocycles. The Bertz CT molecular complexity index is 187. The largest absolute Gasteiger partial charge is 0.332 e. The van der Waals surface area contributed by atoms with Crippen molar-refractivity contribution >= 4 is 0 Å². The van der Waals surface area contributed by atoms with Crippen LogP contribution in [0.15, 0.2) is 12.4 Å². The lowest BCUT2D eigenvalue weighted by atomic mass is 10.3. The van der Waals surface area contributed by atoms with Gasteiger partial charge >= 0.3 is 0 Å². The summed E-state index contributed by atoms with van der Waals surface area (Å²) < 4.78 is 13.8. The van der Waals surface area contributed by atoms with Gasteiger partial charge in [0.15, 0.2) is 0 Å². The zero-order chi connectivity index (χ0) is 8.10. The van der Waals surface area contributed by atoms with Crippen LogP contribution in [0.5, 0.6) is 0 Å². The van der Waals surface area contributed by atoms with Gasteiger partial charge in [0, 0.05) is 18.8 Å². The highest BCUT2D eigenvalue weighted by Crippen LogP contribution is 2.00. The van der Waals surface area contributed by atoms with Crippen LogP contribution in [0.25, 0.3) is 0 Å². The Balaban J connectivity index is 2.62. The lowest BCUT2D eigenvalue weighted by molar-refractivity contribution is 0.438. The number of hydrogen-bond donors (Lipinski definition) is 0. The molecule has 0 radical (unpaired) electrons. The van der Waals surface area contributed by atoms with Gasteiger partial charge in [-0.2, -0.15) is 0 Å². The second-order valence-corrected chi connectivity index (χ2v) is 2.48. The number of imidazole rings is 1. The molecule has 1 heterocycles. The first-order chi connectivity index (χ1) is 5.38. The molecule has 0 aliphatic rings. The van der Waals surface area contributed by atoms with Gasteiger partial charge in [-0.25, -0.2) is 9.37 Å². The highest BCUT2D eigenvalue weighted by molar-refractivity contribution is 4.91. The van der Waals surface area contributed by atoms with Crippen LogP contribution in [0, 0.1) is 0 Å². The molecule has 11 heavy (non-hydrogen) atoms. The Labute approximate surface area is 66.1 Å². The van der Waals surface area contributed by atoms with Gasteiger partial charge in [0.05, 0.1) is 6.54 Å². The molecule has 3 heteroatoms. The molecule has 0 aliphatic heterocycles. The Morgan fingerprint density at radius 1 is 1.64 bits per heavy atom. The maximum Gasteiger partial charge on any atom is 0.108 e. The number of hydrogen-bond acceptors (Lipinski definition) is 1. The zero-order valence-electron chi connectivity index (χ0n) is 6.76. The first-order valence-corrected chi connectivity index (χ1v) is 3.94. The fourth-order valence-corrected chi connectivity index (χ4v) is 1.09. The van der Waals surface area contributed by atoms with Crippen molar-refractivity contribution in [2.24, 2.45) is 0 Å². The minimum atomic E-state index is -0.312. The molecule has 0 spiro atoms. The van der Waals surface area contributed by atoms with Crippen molar-refractivity contribution in [2.75, 3.05) is 6.67 Å². The summed E-state index contributed by atoms with van der Waals surface area (Å²) in [5.74, 6) is 0.991. The van der Waals surface area contributed by atoms with Crippen LogP contribution in [-0.2, 0) is 13.0 Å². The molecule has 0 atom stereocenters. The van der Waals surface area contributed by atoms with Gasteiger partial charge in [-0.15, -0.1) is 0 Å². The van der Waals surface area contributed by atoms with E-state index in [1.54, 1.807) is 6.20 Å². The van der Waals surface area contributed by atoms with Crippen LogP contribution in [-0.4, -0.2) is 16.2 Å². The van der Waals surface area contributed by atoms with Gasteiger partial charge in [-0.1, -0.05) is 6.92 Å². The van der Waals surface area contributed by atoms with Gasteiger partial charge < -0.3 is 4.57 Å². The summed E-state index contributed by atoms with van der Waals surface area (Å²) in [6, 6.07) is 0. The normalized spacial score (nSPS) is 10.4. The number of nitrogens with zero attached hydrogens (tertiary/aromatic N) is 2. The van der Waals surface area contributed by atoms with Crippen LogP contribution in [0.4, 0.5) is 4.39 Å². The quantitative estimate of drug-likeness (QED) is 0.650. The Morgan fingerprint density at radius 3 is 3.09 bits per heavy atom. The van der Waals surface area contributed by atoms with Crippen molar-refractivity contribution in [1.82, 2.24) is 9.55 Å².